The Morgan fingerprint density at radius 2 is 1.17 bits per heavy atom. The summed E-state index contributed by atoms with van der Waals surface area (Å²) in [6.45, 7) is 10.1. The second kappa shape index (κ2) is 9.23. The minimum Gasteiger partial charge on any atom is -0.393 e. The van der Waals surface area contributed by atoms with E-state index < -0.39 is 19.6 Å². The number of benzene rings is 2. The van der Waals surface area contributed by atoms with Crippen LogP contribution in [0.4, 0.5) is 11.4 Å². The number of hydrogen-bond donors (Lipinski definition) is 3. The highest BCUT2D eigenvalue weighted by atomic mass is 31.2. The van der Waals surface area contributed by atoms with E-state index in [2.05, 4.69) is 23.8 Å². The van der Waals surface area contributed by atoms with Gasteiger partial charge in [-0.1, -0.05) is 37.4 Å². The Bertz CT molecular complexity index is 940. The lowest BCUT2D eigenvalue weighted by Crippen LogP contribution is -2.14. The second-order valence-corrected chi connectivity index (χ2v) is 7.41. The molecule has 0 unspecified atom stereocenters. The molecule has 8 nitrogen and oxygen atoms in total. The predicted molar refractivity (Wildman–Crippen MR) is 111 cm³/mol. The third kappa shape index (κ3) is 6.34. The number of para-hydroxylation sites is 4. The molecule has 0 spiro atoms. The third-order valence-corrected chi connectivity index (χ3v) is 4.33. The molecule has 0 heterocycles. The number of hydrogen-bond acceptors (Lipinski definition) is 5. The van der Waals surface area contributed by atoms with Gasteiger partial charge in [-0.2, -0.15) is 0 Å². The molecule has 0 atom stereocenters. The standard InChI is InChI=1S/C20H21N2O6P/c1-13(2)19(23)21-15-9-5-7-11-17(15)27-29(25,26)28-18-12-8-6-10-16(18)22-20(24)14(3)4/h5-12H,1,3H2,2,4H3,(H,21,23)(H,22,24)(H,25,26). The van der Waals surface area contributed by atoms with Crippen molar-refractivity contribution in [3.05, 3.63) is 72.8 Å². The molecular formula is C20H21N2O6P. The van der Waals surface area contributed by atoms with Crippen molar-refractivity contribution in [2.75, 3.05) is 10.6 Å². The molecule has 0 aliphatic rings. The molecule has 0 aliphatic heterocycles. The summed E-state index contributed by atoms with van der Waals surface area (Å²) in [6.07, 6.45) is 0. The van der Waals surface area contributed by atoms with Gasteiger partial charge in [0.15, 0.2) is 11.5 Å². The highest BCUT2D eigenvalue weighted by Gasteiger charge is 2.28. The number of phosphoric acid groups is 1. The molecule has 0 bridgehead atoms. The van der Waals surface area contributed by atoms with E-state index in [9.17, 15) is 19.0 Å². The van der Waals surface area contributed by atoms with Gasteiger partial charge in [-0.25, -0.2) is 4.57 Å². The molecule has 0 saturated heterocycles. The first kappa shape index (κ1) is 21.9. The number of rotatable bonds is 8. The summed E-state index contributed by atoms with van der Waals surface area (Å²) in [4.78, 5) is 33.9. The highest BCUT2D eigenvalue weighted by Crippen LogP contribution is 2.48. The zero-order chi connectivity index (χ0) is 21.6. The molecule has 0 saturated carbocycles. The first-order valence-electron chi connectivity index (χ1n) is 8.43. The quantitative estimate of drug-likeness (QED) is 0.437. The van der Waals surface area contributed by atoms with Gasteiger partial charge in [-0.15, -0.1) is 0 Å². The van der Waals surface area contributed by atoms with E-state index in [-0.39, 0.29) is 34.0 Å². The minimum atomic E-state index is -4.67. The van der Waals surface area contributed by atoms with E-state index in [1.807, 2.05) is 0 Å². The summed E-state index contributed by atoms with van der Waals surface area (Å²) in [5, 5.41) is 5.06. The number of anilines is 2. The van der Waals surface area contributed by atoms with Crippen molar-refractivity contribution in [1.82, 2.24) is 0 Å². The maximum atomic E-state index is 12.5. The Morgan fingerprint density at radius 3 is 1.52 bits per heavy atom. The monoisotopic (exact) mass is 416 g/mol. The van der Waals surface area contributed by atoms with Gasteiger partial charge >= 0.3 is 7.82 Å². The minimum absolute atomic E-state index is 0.0728. The van der Waals surface area contributed by atoms with Crippen molar-refractivity contribution < 1.29 is 28.1 Å². The van der Waals surface area contributed by atoms with Gasteiger partial charge in [0.2, 0.25) is 0 Å². The van der Waals surface area contributed by atoms with Crippen molar-refractivity contribution in [3.63, 3.8) is 0 Å². The molecular weight excluding hydrogens is 395 g/mol. The predicted octanol–water partition coefficient (Wildman–Crippen LogP) is 4.27. The fraction of sp³-hybridized carbons (Fsp3) is 0.100. The zero-order valence-electron chi connectivity index (χ0n) is 16.0. The van der Waals surface area contributed by atoms with Gasteiger partial charge in [-0.3, -0.25) is 14.5 Å². The first-order valence-corrected chi connectivity index (χ1v) is 9.92. The van der Waals surface area contributed by atoms with Gasteiger partial charge in [0.1, 0.15) is 0 Å². The average Bonchev–Trinajstić information content (AvgIpc) is 2.64. The van der Waals surface area contributed by atoms with Crippen molar-refractivity contribution in [3.8, 4) is 11.5 Å². The maximum absolute atomic E-state index is 12.5. The average molecular weight is 416 g/mol. The Labute approximate surface area is 168 Å². The molecule has 0 aliphatic carbocycles. The fourth-order valence-corrected chi connectivity index (χ4v) is 2.88. The molecule has 2 amide bonds. The molecule has 0 aromatic heterocycles. The fourth-order valence-electron chi connectivity index (χ4n) is 2.02. The van der Waals surface area contributed by atoms with Crippen LogP contribution in [0.25, 0.3) is 0 Å². The van der Waals surface area contributed by atoms with Crippen LogP contribution in [0.15, 0.2) is 72.8 Å². The summed E-state index contributed by atoms with van der Waals surface area (Å²) in [7, 11) is -4.67. The van der Waals surface area contributed by atoms with Crippen LogP contribution in [0.5, 0.6) is 11.5 Å². The normalized spacial score (nSPS) is 10.6. The molecule has 2 rings (SSSR count). The number of phosphoric ester groups is 1. The van der Waals surface area contributed by atoms with Crippen LogP contribution in [0.1, 0.15) is 13.8 Å². The van der Waals surface area contributed by atoms with E-state index in [0.29, 0.717) is 0 Å². The Balaban J connectivity index is 2.23. The number of amides is 2. The van der Waals surface area contributed by atoms with Crippen LogP contribution in [-0.4, -0.2) is 16.7 Å². The first-order chi connectivity index (χ1) is 13.6. The lowest BCUT2D eigenvalue weighted by Gasteiger charge is -2.18. The molecule has 3 N–H and O–H groups in total. The Hall–Kier alpha value is -3.35. The lowest BCUT2D eigenvalue weighted by atomic mass is 10.2. The van der Waals surface area contributed by atoms with Crippen LogP contribution < -0.4 is 19.7 Å². The van der Waals surface area contributed by atoms with E-state index in [0.717, 1.165) is 0 Å². The molecule has 0 fully saturated rings. The Morgan fingerprint density at radius 1 is 0.828 bits per heavy atom. The molecule has 152 valence electrons. The lowest BCUT2D eigenvalue weighted by molar-refractivity contribution is -0.113. The van der Waals surface area contributed by atoms with Gasteiger partial charge in [0.25, 0.3) is 11.8 Å². The number of carbonyl (C=O) groups excluding carboxylic acids is 2. The number of nitrogens with one attached hydrogen (secondary N) is 2. The summed E-state index contributed by atoms with van der Waals surface area (Å²) < 4.78 is 22.8. The van der Waals surface area contributed by atoms with Crippen LogP contribution in [0.2, 0.25) is 0 Å². The second-order valence-electron chi connectivity index (χ2n) is 6.11. The van der Waals surface area contributed by atoms with Gasteiger partial charge < -0.3 is 19.7 Å². The van der Waals surface area contributed by atoms with Crippen LogP contribution in [-0.2, 0) is 14.2 Å². The smallest absolute Gasteiger partial charge is 0.393 e. The zero-order valence-corrected chi connectivity index (χ0v) is 16.9. The molecule has 2 aromatic carbocycles. The molecule has 29 heavy (non-hydrogen) atoms. The van der Waals surface area contributed by atoms with Crippen molar-refractivity contribution in [2.45, 2.75) is 13.8 Å². The van der Waals surface area contributed by atoms with Crippen molar-refractivity contribution >= 4 is 31.0 Å². The third-order valence-electron chi connectivity index (χ3n) is 3.47. The van der Waals surface area contributed by atoms with Crippen molar-refractivity contribution in [1.29, 1.82) is 0 Å². The van der Waals surface area contributed by atoms with Crippen LogP contribution >= 0.6 is 7.82 Å². The van der Waals surface area contributed by atoms with E-state index in [1.54, 1.807) is 24.3 Å². The van der Waals surface area contributed by atoms with Gasteiger partial charge in [-0.05, 0) is 38.1 Å². The Kier molecular flexibility index (Phi) is 6.98. The van der Waals surface area contributed by atoms with Gasteiger partial charge in [0.05, 0.1) is 11.4 Å². The maximum Gasteiger partial charge on any atom is 0.585 e. The van der Waals surface area contributed by atoms with E-state index >= 15 is 0 Å². The SMILES string of the molecule is C=C(C)C(=O)Nc1ccccc1OP(=O)(O)Oc1ccccc1NC(=O)C(=C)C. The molecule has 0 radical (unpaired) electrons. The summed E-state index contributed by atoms with van der Waals surface area (Å²) >= 11 is 0. The highest BCUT2D eigenvalue weighted by molar-refractivity contribution is 7.48. The van der Waals surface area contributed by atoms with Crippen LogP contribution in [0, 0.1) is 0 Å². The molecule has 2 aromatic rings. The molecule has 9 heteroatoms. The van der Waals surface area contributed by atoms with E-state index in [1.165, 1.54) is 38.1 Å². The summed E-state index contributed by atoms with van der Waals surface area (Å²) in [5.41, 5.74) is 0.848. The topological polar surface area (TPSA) is 114 Å². The summed E-state index contributed by atoms with van der Waals surface area (Å²) in [6, 6.07) is 12.1. The largest absolute Gasteiger partial charge is 0.585 e. The van der Waals surface area contributed by atoms with Crippen LogP contribution in [0.3, 0.4) is 0 Å². The number of carbonyl (C=O) groups is 2. The van der Waals surface area contributed by atoms with E-state index in [4.69, 9.17) is 9.05 Å². The summed E-state index contributed by atoms with van der Waals surface area (Å²) in [5.74, 6) is -1.09. The van der Waals surface area contributed by atoms with Crippen molar-refractivity contribution in [2.24, 2.45) is 0 Å². The van der Waals surface area contributed by atoms with Gasteiger partial charge in [0, 0.05) is 11.1 Å².